The second-order valence-corrected chi connectivity index (χ2v) is 3.93. The molecule has 0 aromatic heterocycles. The highest BCUT2D eigenvalue weighted by Crippen LogP contribution is 2.05. The lowest BCUT2D eigenvalue weighted by atomic mass is 10.2. The monoisotopic (exact) mass is 249 g/mol. The zero-order chi connectivity index (χ0) is 13.2. The van der Waals surface area contributed by atoms with Gasteiger partial charge >= 0.3 is 5.97 Å². The Bertz CT molecular complexity index is 359. The molecule has 0 bridgehead atoms. The number of hydrogen-bond acceptors (Lipinski definition) is 4. The molecule has 4 heteroatoms. The number of hydrogen-bond donors (Lipinski definition) is 1. The Hall–Kier alpha value is -1.68. The first-order valence-corrected chi connectivity index (χ1v) is 6.18. The largest absolute Gasteiger partial charge is 0.465 e. The lowest BCUT2D eigenvalue weighted by Crippen LogP contribution is -2.32. The summed E-state index contributed by atoms with van der Waals surface area (Å²) in [4.78, 5) is 21.0. The summed E-state index contributed by atoms with van der Waals surface area (Å²) in [7, 11) is 0. The Morgan fingerprint density at radius 1 is 1.44 bits per heavy atom. The number of aldehydes is 1. The minimum atomic E-state index is -0.0972. The van der Waals surface area contributed by atoms with Crippen LogP contribution in [0.15, 0.2) is 30.3 Å². The van der Waals surface area contributed by atoms with Gasteiger partial charge in [-0.3, -0.25) is 9.59 Å². The molecule has 1 aromatic rings. The van der Waals surface area contributed by atoms with Crippen molar-refractivity contribution in [1.82, 2.24) is 5.32 Å². The fraction of sp³-hybridized carbons (Fsp3) is 0.429. The molecule has 0 saturated carbocycles. The molecule has 1 aliphatic rings. The van der Waals surface area contributed by atoms with Crippen molar-refractivity contribution < 1.29 is 14.3 Å². The van der Waals surface area contributed by atoms with Gasteiger partial charge < -0.3 is 10.1 Å². The van der Waals surface area contributed by atoms with Gasteiger partial charge in [-0.05, 0) is 26.3 Å². The minimum absolute atomic E-state index is 0.0278. The van der Waals surface area contributed by atoms with Crippen LogP contribution in [0.3, 0.4) is 0 Å². The molecule has 1 aromatic carbocycles. The molecular weight excluding hydrogens is 230 g/mol. The van der Waals surface area contributed by atoms with E-state index in [9.17, 15) is 9.59 Å². The first-order chi connectivity index (χ1) is 8.77. The van der Waals surface area contributed by atoms with E-state index in [0.717, 1.165) is 31.2 Å². The van der Waals surface area contributed by atoms with Crippen LogP contribution in [-0.4, -0.2) is 31.4 Å². The second kappa shape index (κ2) is 8.42. The Labute approximate surface area is 107 Å². The molecule has 0 spiro atoms. The van der Waals surface area contributed by atoms with Crippen molar-refractivity contribution >= 4 is 12.3 Å². The lowest BCUT2D eigenvalue weighted by Gasteiger charge is -2.07. The third-order valence-corrected chi connectivity index (χ3v) is 2.57. The average molecular weight is 249 g/mol. The molecule has 98 valence electrons. The third-order valence-electron chi connectivity index (χ3n) is 2.57. The minimum Gasteiger partial charge on any atom is -0.465 e. The second-order valence-electron chi connectivity index (χ2n) is 3.93. The van der Waals surface area contributed by atoms with Crippen LogP contribution in [0, 0.1) is 0 Å². The van der Waals surface area contributed by atoms with Crippen LogP contribution in [0.4, 0.5) is 0 Å². The summed E-state index contributed by atoms with van der Waals surface area (Å²) < 4.78 is 4.82. The quantitative estimate of drug-likeness (QED) is 0.655. The van der Waals surface area contributed by atoms with Gasteiger partial charge in [-0.15, -0.1) is 0 Å². The molecule has 0 aliphatic carbocycles. The van der Waals surface area contributed by atoms with Gasteiger partial charge in [0.15, 0.2) is 0 Å². The van der Waals surface area contributed by atoms with Gasteiger partial charge in [0.05, 0.1) is 6.61 Å². The van der Waals surface area contributed by atoms with Gasteiger partial charge in [0, 0.05) is 5.56 Å². The highest BCUT2D eigenvalue weighted by atomic mass is 16.5. The number of benzene rings is 1. The highest BCUT2D eigenvalue weighted by Gasteiger charge is 2.22. The van der Waals surface area contributed by atoms with Crippen LogP contribution < -0.4 is 5.32 Å². The van der Waals surface area contributed by atoms with Crippen LogP contribution in [0.25, 0.3) is 0 Å². The van der Waals surface area contributed by atoms with Crippen molar-refractivity contribution in [3.05, 3.63) is 35.9 Å². The maximum atomic E-state index is 11.0. The van der Waals surface area contributed by atoms with Gasteiger partial charge in [0.25, 0.3) is 0 Å². The first kappa shape index (κ1) is 14.4. The van der Waals surface area contributed by atoms with Crippen molar-refractivity contribution in [3.63, 3.8) is 0 Å². The molecule has 1 heterocycles. The molecule has 1 unspecified atom stereocenters. The van der Waals surface area contributed by atoms with Gasteiger partial charge in [-0.1, -0.05) is 30.3 Å². The van der Waals surface area contributed by atoms with Crippen molar-refractivity contribution in [2.45, 2.75) is 25.8 Å². The number of carbonyl (C=O) groups is 2. The van der Waals surface area contributed by atoms with E-state index in [1.165, 1.54) is 0 Å². The molecule has 1 N–H and O–H groups in total. The number of esters is 1. The number of nitrogens with one attached hydrogen (secondary N) is 1. The number of ether oxygens (including phenoxy) is 1. The smallest absolute Gasteiger partial charge is 0.323 e. The van der Waals surface area contributed by atoms with Crippen LogP contribution in [0.1, 0.15) is 30.1 Å². The van der Waals surface area contributed by atoms with Crippen LogP contribution in [0.2, 0.25) is 0 Å². The van der Waals surface area contributed by atoms with E-state index in [1.807, 2.05) is 25.1 Å². The van der Waals surface area contributed by atoms with Crippen molar-refractivity contribution in [3.8, 4) is 0 Å². The summed E-state index contributed by atoms with van der Waals surface area (Å²) in [6.45, 7) is 3.26. The maximum absolute atomic E-state index is 11.0. The van der Waals surface area contributed by atoms with Gasteiger partial charge in [0.2, 0.25) is 0 Å². The van der Waals surface area contributed by atoms with Crippen LogP contribution in [-0.2, 0) is 9.53 Å². The molecule has 1 aliphatic heterocycles. The summed E-state index contributed by atoms with van der Waals surface area (Å²) in [6.07, 6.45) is 2.85. The van der Waals surface area contributed by atoms with E-state index in [4.69, 9.17) is 4.74 Å². The molecule has 4 nitrogen and oxygen atoms in total. The zero-order valence-electron chi connectivity index (χ0n) is 10.6. The van der Waals surface area contributed by atoms with Gasteiger partial charge in [0.1, 0.15) is 12.3 Å². The topological polar surface area (TPSA) is 55.4 Å². The standard InChI is InChI=1S/C7H13NO2.C7H6O/c1-2-10-7(9)6-4-3-5-8-6;8-6-7-4-2-1-3-5-7/h6,8H,2-5H2,1H3;1-6H. The maximum Gasteiger partial charge on any atom is 0.323 e. The van der Waals surface area contributed by atoms with E-state index in [1.54, 1.807) is 12.1 Å². The van der Waals surface area contributed by atoms with E-state index in [0.29, 0.717) is 6.61 Å². The zero-order valence-corrected chi connectivity index (χ0v) is 10.6. The fourth-order valence-electron chi connectivity index (χ4n) is 1.66. The SMILES string of the molecule is CCOC(=O)C1CCCN1.O=Cc1ccccc1. The van der Waals surface area contributed by atoms with E-state index >= 15 is 0 Å². The summed E-state index contributed by atoms with van der Waals surface area (Å²) in [6, 6.07) is 9.07. The predicted octanol–water partition coefficient (Wildman–Crippen LogP) is 1.80. The Kier molecular flexibility index (Phi) is 6.72. The van der Waals surface area contributed by atoms with E-state index < -0.39 is 0 Å². The normalized spacial score (nSPS) is 17.5. The molecular formula is C14H19NO3. The van der Waals surface area contributed by atoms with Crippen molar-refractivity contribution in [2.75, 3.05) is 13.2 Å². The molecule has 1 atom stereocenters. The average Bonchev–Trinajstić information content (AvgIpc) is 2.95. The number of carbonyl (C=O) groups excluding carboxylic acids is 2. The highest BCUT2D eigenvalue weighted by molar-refractivity contribution is 5.76. The molecule has 1 saturated heterocycles. The molecule has 1 fully saturated rings. The fourth-order valence-corrected chi connectivity index (χ4v) is 1.66. The molecule has 0 amide bonds. The Morgan fingerprint density at radius 2 is 2.17 bits per heavy atom. The van der Waals surface area contributed by atoms with Gasteiger partial charge in [-0.25, -0.2) is 0 Å². The van der Waals surface area contributed by atoms with Crippen molar-refractivity contribution in [2.24, 2.45) is 0 Å². The number of rotatable bonds is 3. The predicted molar refractivity (Wildman–Crippen MR) is 69.5 cm³/mol. The van der Waals surface area contributed by atoms with Gasteiger partial charge in [-0.2, -0.15) is 0 Å². The summed E-state index contributed by atoms with van der Waals surface area (Å²) >= 11 is 0. The Morgan fingerprint density at radius 3 is 2.61 bits per heavy atom. The third kappa shape index (κ3) is 5.10. The summed E-state index contributed by atoms with van der Waals surface area (Å²) in [5.41, 5.74) is 0.729. The van der Waals surface area contributed by atoms with Crippen LogP contribution in [0.5, 0.6) is 0 Å². The van der Waals surface area contributed by atoms with E-state index in [2.05, 4.69) is 5.32 Å². The first-order valence-electron chi connectivity index (χ1n) is 6.18. The van der Waals surface area contributed by atoms with Crippen LogP contribution >= 0.6 is 0 Å². The summed E-state index contributed by atoms with van der Waals surface area (Å²) in [5, 5.41) is 3.07. The molecule has 18 heavy (non-hydrogen) atoms. The summed E-state index contributed by atoms with van der Waals surface area (Å²) in [5.74, 6) is -0.0972. The lowest BCUT2D eigenvalue weighted by molar-refractivity contribution is -0.145. The molecule has 2 rings (SSSR count). The van der Waals surface area contributed by atoms with Crippen molar-refractivity contribution in [1.29, 1.82) is 0 Å². The van der Waals surface area contributed by atoms with E-state index in [-0.39, 0.29) is 12.0 Å². The Balaban J connectivity index is 0.000000184. The molecule has 0 radical (unpaired) electrons.